The summed E-state index contributed by atoms with van der Waals surface area (Å²) in [6.07, 6.45) is -0.617. The summed E-state index contributed by atoms with van der Waals surface area (Å²) in [6, 6.07) is 16.8. The van der Waals surface area contributed by atoms with Gasteiger partial charge >= 0.3 is 6.09 Å². The minimum absolute atomic E-state index is 0.309. The molecule has 2 aromatic rings. The summed E-state index contributed by atoms with van der Waals surface area (Å²) in [5.74, 6) is -0.309. The number of hydrogen-bond acceptors (Lipinski definition) is 3. The fourth-order valence-corrected chi connectivity index (χ4v) is 2.21. The van der Waals surface area contributed by atoms with Crippen LogP contribution in [0, 0.1) is 0 Å². The zero-order valence-corrected chi connectivity index (χ0v) is 15.0. The van der Waals surface area contributed by atoms with Crippen LogP contribution in [0.5, 0.6) is 0 Å². The van der Waals surface area contributed by atoms with Crippen LogP contribution >= 0.6 is 0 Å². The van der Waals surface area contributed by atoms with Crippen molar-refractivity contribution in [2.75, 3.05) is 5.32 Å². The molecule has 0 saturated carbocycles. The van der Waals surface area contributed by atoms with Crippen LogP contribution in [0.15, 0.2) is 54.6 Å². The summed E-state index contributed by atoms with van der Waals surface area (Å²) in [5.41, 5.74) is 2.14. The highest BCUT2D eigenvalue weighted by molar-refractivity contribution is 5.96. The van der Waals surface area contributed by atoms with Crippen molar-refractivity contribution in [3.05, 3.63) is 54.6 Å². The number of anilines is 1. The Kier molecular flexibility index (Phi) is 5.80. The average molecular weight is 340 g/mol. The smallest absolute Gasteiger partial charge is 0.408 e. The van der Waals surface area contributed by atoms with Crippen molar-refractivity contribution in [3.63, 3.8) is 0 Å². The molecule has 0 aliphatic rings. The highest BCUT2D eigenvalue weighted by Gasteiger charge is 2.21. The number of rotatable bonds is 4. The van der Waals surface area contributed by atoms with Gasteiger partial charge in [0.05, 0.1) is 0 Å². The molecule has 0 radical (unpaired) electrons. The second kappa shape index (κ2) is 7.83. The number of hydrogen-bond donors (Lipinski definition) is 2. The highest BCUT2D eigenvalue weighted by atomic mass is 16.6. The molecule has 0 saturated heterocycles. The Balaban J connectivity index is 1.99. The first-order valence-electron chi connectivity index (χ1n) is 8.20. The fraction of sp³-hybridized carbons (Fsp3) is 0.300. The Morgan fingerprint density at radius 1 is 0.960 bits per heavy atom. The van der Waals surface area contributed by atoms with Gasteiger partial charge in [-0.1, -0.05) is 42.5 Å². The number of amides is 2. The van der Waals surface area contributed by atoms with E-state index in [4.69, 9.17) is 4.74 Å². The summed E-state index contributed by atoms with van der Waals surface area (Å²) in [7, 11) is 0. The van der Waals surface area contributed by atoms with E-state index >= 15 is 0 Å². The molecule has 0 aromatic heterocycles. The summed E-state index contributed by atoms with van der Waals surface area (Å²) in [4.78, 5) is 24.0. The van der Waals surface area contributed by atoms with Crippen LogP contribution in [-0.4, -0.2) is 23.6 Å². The van der Waals surface area contributed by atoms with Gasteiger partial charge in [-0.15, -0.1) is 0 Å². The molecule has 2 N–H and O–H groups in total. The van der Waals surface area contributed by atoms with Gasteiger partial charge in [0, 0.05) is 5.69 Å². The molecular weight excluding hydrogens is 316 g/mol. The summed E-state index contributed by atoms with van der Waals surface area (Å²) < 4.78 is 5.16. The van der Waals surface area contributed by atoms with E-state index in [0.717, 1.165) is 11.1 Å². The quantitative estimate of drug-likeness (QED) is 0.876. The first kappa shape index (κ1) is 18.5. The number of benzene rings is 2. The van der Waals surface area contributed by atoms with Gasteiger partial charge in [-0.05, 0) is 51.0 Å². The largest absolute Gasteiger partial charge is 0.444 e. The number of carbonyl (C=O) groups excluding carboxylic acids is 2. The van der Waals surface area contributed by atoms with E-state index in [0.29, 0.717) is 5.69 Å². The van der Waals surface area contributed by atoms with Crippen molar-refractivity contribution in [1.82, 2.24) is 5.32 Å². The monoisotopic (exact) mass is 340 g/mol. The Hall–Kier alpha value is -2.82. The van der Waals surface area contributed by atoms with E-state index in [1.807, 2.05) is 54.6 Å². The standard InChI is InChI=1S/C20H24N2O3/c1-14(21-19(24)25-20(2,3)4)18(23)22-17-12-8-11-16(13-17)15-9-6-5-7-10-15/h5-14H,1-4H3,(H,21,24)(H,22,23). The van der Waals surface area contributed by atoms with Gasteiger partial charge in [-0.3, -0.25) is 4.79 Å². The van der Waals surface area contributed by atoms with Crippen molar-refractivity contribution in [1.29, 1.82) is 0 Å². The van der Waals surface area contributed by atoms with E-state index in [9.17, 15) is 9.59 Å². The molecule has 0 aliphatic heterocycles. The molecule has 132 valence electrons. The SMILES string of the molecule is CC(NC(=O)OC(C)(C)C)C(=O)Nc1cccc(-c2ccccc2)c1. The lowest BCUT2D eigenvalue weighted by molar-refractivity contribution is -0.117. The van der Waals surface area contributed by atoms with Crippen molar-refractivity contribution in [2.45, 2.75) is 39.3 Å². The molecule has 5 nitrogen and oxygen atoms in total. The van der Waals surface area contributed by atoms with Crippen molar-refractivity contribution >= 4 is 17.7 Å². The zero-order chi connectivity index (χ0) is 18.4. The van der Waals surface area contributed by atoms with Crippen LogP contribution in [0.3, 0.4) is 0 Å². The molecule has 0 bridgehead atoms. The lowest BCUT2D eigenvalue weighted by atomic mass is 10.1. The fourth-order valence-electron chi connectivity index (χ4n) is 2.21. The highest BCUT2D eigenvalue weighted by Crippen LogP contribution is 2.22. The van der Waals surface area contributed by atoms with Crippen LogP contribution in [0.1, 0.15) is 27.7 Å². The molecule has 0 aliphatic carbocycles. The molecule has 1 atom stereocenters. The van der Waals surface area contributed by atoms with Crippen LogP contribution in [0.4, 0.5) is 10.5 Å². The Bertz CT molecular complexity index is 736. The summed E-state index contributed by atoms with van der Waals surface area (Å²) in [5, 5.41) is 5.34. The molecule has 25 heavy (non-hydrogen) atoms. The van der Waals surface area contributed by atoms with Crippen molar-refractivity contribution < 1.29 is 14.3 Å². The molecule has 2 aromatic carbocycles. The number of ether oxygens (including phenoxy) is 1. The lowest BCUT2D eigenvalue weighted by Crippen LogP contribution is -2.43. The molecule has 0 fully saturated rings. The van der Waals surface area contributed by atoms with E-state index in [1.165, 1.54) is 0 Å². The van der Waals surface area contributed by atoms with Gasteiger partial charge in [0.25, 0.3) is 0 Å². The summed E-state index contributed by atoms with van der Waals surface area (Å²) in [6.45, 7) is 6.92. The number of alkyl carbamates (subject to hydrolysis) is 1. The molecule has 0 spiro atoms. The van der Waals surface area contributed by atoms with Gasteiger partial charge in [0.2, 0.25) is 5.91 Å². The second-order valence-electron chi connectivity index (χ2n) is 6.80. The molecule has 0 heterocycles. The topological polar surface area (TPSA) is 67.4 Å². The minimum atomic E-state index is -0.713. The van der Waals surface area contributed by atoms with Gasteiger partial charge in [0.1, 0.15) is 11.6 Å². The van der Waals surface area contributed by atoms with E-state index in [-0.39, 0.29) is 5.91 Å². The average Bonchev–Trinajstić information content (AvgIpc) is 2.54. The third-order valence-electron chi connectivity index (χ3n) is 3.36. The molecule has 1 unspecified atom stereocenters. The lowest BCUT2D eigenvalue weighted by Gasteiger charge is -2.21. The normalized spacial score (nSPS) is 12.2. The predicted octanol–water partition coefficient (Wildman–Crippen LogP) is 4.21. The number of carbonyl (C=O) groups is 2. The Labute approximate surface area is 148 Å². The predicted molar refractivity (Wildman–Crippen MR) is 99.3 cm³/mol. The number of nitrogens with one attached hydrogen (secondary N) is 2. The maximum atomic E-state index is 12.3. The van der Waals surface area contributed by atoms with Crippen molar-refractivity contribution in [2.24, 2.45) is 0 Å². The molecule has 5 heteroatoms. The molecule has 2 rings (SSSR count). The molecule has 2 amide bonds. The minimum Gasteiger partial charge on any atom is -0.444 e. The van der Waals surface area contributed by atoms with E-state index in [1.54, 1.807) is 27.7 Å². The Morgan fingerprint density at radius 3 is 2.24 bits per heavy atom. The summed E-state index contributed by atoms with van der Waals surface area (Å²) >= 11 is 0. The van der Waals surface area contributed by atoms with Crippen LogP contribution < -0.4 is 10.6 Å². The van der Waals surface area contributed by atoms with Crippen LogP contribution in [-0.2, 0) is 9.53 Å². The van der Waals surface area contributed by atoms with Crippen LogP contribution in [0.2, 0.25) is 0 Å². The second-order valence-corrected chi connectivity index (χ2v) is 6.80. The first-order chi connectivity index (χ1) is 11.7. The third-order valence-corrected chi connectivity index (χ3v) is 3.36. The third kappa shape index (κ3) is 5.95. The maximum Gasteiger partial charge on any atom is 0.408 e. The zero-order valence-electron chi connectivity index (χ0n) is 15.0. The van der Waals surface area contributed by atoms with E-state index in [2.05, 4.69) is 10.6 Å². The van der Waals surface area contributed by atoms with Crippen LogP contribution in [0.25, 0.3) is 11.1 Å². The maximum absolute atomic E-state index is 12.3. The van der Waals surface area contributed by atoms with Gasteiger partial charge < -0.3 is 15.4 Å². The van der Waals surface area contributed by atoms with Gasteiger partial charge in [-0.25, -0.2) is 4.79 Å². The van der Waals surface area contributed by atoms with E-state index < -0.39 is 17.7 Å². The van der Waals surface area contributed by atoms with Crippen molar-refractivity contribution in [3.8, 4) is 11.1 Å². The molecular formula is C20H24N2O3. The Morgan fingerprint density at radius 2 is 1.60 bits per heavy atom. The van der Waals surface area contributed by atoms with Gasteiger partial charge in [0.15, 0.2) is 0 Å². The van der Waals surface area contributed by atoms with Gasteiger partial charge in [-0.2, -0.15) is 0 Å². The first-order valence-corrected chi connectivity index (χ1v) is 8.20.